The Balaban J connectivity index is 1.53. The summed E-state index contributed by atoms with van der Waals surface area (Å²) in [6.45, 7) is 5.17. The van der Waals surface area contributed by atoms with Gasteiger partial charge in [0.1, 0.15) is 11.9 Å². The zero-order chi connectivity index (χ0) is 25.8. The molecule has 1 fully saturated rings. The van der Waals surface area contributed by atoms with Crippen LogP contribution in [-0.4, -0.2) is 43.1 Å². The molecule has 7 nitrogen and oxygen atoms in total. The van der Waals surface area contributed by atoms with Crippen molar-refractivity contribution >= 4 is 28.9 Å². The number of carbonyl (C=O) groups is 1. The third kappa shape index (κ3) is 5.64. The molecule has 2 heterocycles. The van der Waals surface area contributed by atoms with E-state index in [1.807, 2.05) is 55.5 Å². The average molecular weight is 518 g/mol. The van der Waals surface area contributed by atoms with Crippen molar-refractivity contribution in [1.82, 2.24) is 16.2 Å². The predicted molar refractivity (Wildman–Crippen MR) is 148 cm³/mol. The van der Waals surface area contributed by atoms with Crippen LogP contribution in [0.3, 0.4) is 0 Å². The number of benzene rings is 3. The van der Waals surface area contributed by atoms with Crippen LogP contribution >= 0.6 is 11.6 Å². The fourth-order valence-electron chi connectivity index (χ4n) is 4.94. The molecule has 5 rings (SSSR count). The number of anilines is 1. The minimum Gasteiger partial charge on any atom is -0.493 e. The topological polar surface area (TPSA) is 78.0 Å². The third-order valence-corrected chi connectivity index (χ3v) is 6.96. The van der Waals surface area contributed by atoms with Gasteiger partial charge in [0.05, 0.1) is 30.9 Å². The molecule has 2 aliphatic rings. The van der Waals surface area contributed by atoms with E-state index >= 15 is 0 Å². The lowest BCUT2D eigenvalue weighted by atomic mass is 9.99. The molecule has 3 aromatic rings. The number of fused-ring (bicyclic) bond motifs is 3. The van der Waals surface area contributed by atoms with E-state index in [1.54, 1.807) is 0 Å². The Morgan fingerprint density at radius 2 is 1.86 bits per heavy atom. The van der Waals surface area contributed by atoms with Crippen molar-refractivity contribution < 1.29 is 9.53 Å². The Labute approximate surface area is 222 Å². The van der Waals surface area contributed by atoms with E-state index in [0.717, 1.165) is 34.7 Å². The van der Waals surface area contributed by atoms with Crippen molar-refractivity contribution in [3.05, 3.63) is 94.5 Å². The number of nitrogens with zero attached hydrogens (tertiary/aromatic N) is 2. The van der Waals surface area contributed by atoms with Crippen LogP contribution in [-0.2, 0) is 11.2 Å². The number of aliphatic imine (C=N–C) groups is 1. The highest BCUT2D eigenvalue weighted by Crippen LogP contribution is 2.36. The number of hydrogen-bond donors (Lipinski definition) is 3. The van der Waals surface area contributed by atoms with E-state index in [2.05, 4.69) is 52.3 Å². The zero-order valence-corrected chi connectivity index (χ0v) is 21.8. The second kappa shape index (κ2) is 11.3. The molecule has 0 spiro atoms. The molecule has 3 atom stereocenters. The van der Waals surface area contributed by atoms with Crippen LogP contribution in [0.1, 0.15) is 37.0 Å². The summed E-state index contributed by atoms with van der Waals surface area (Å²) >= 11 is 6.21. The molecule has 192 valence electrons. The van der Waals surface area contributed by atoms with Crippen molar-refractivity contribution in [3.63, 3.8) is 0 Å². The maximum atomic E-state index is 12.7. The summed E-state index contributed by atoms with van der Waals surface area (Å²) < 4.78 is 6.19. The van der Waals surface area contributed by atoms with Crippen LogP contribution in [0.5, 0.6) is 5.75 Å². The molecule has 0 saturated carbocycles. The van der Waals surface area contributed by atoms with Gasteiger partial charge in [0.15, 0.2) is 0 Å². The van der Waals surface area contributed by atoms with Crippen molar-refractivity contribution in [1.29, 1.82) is 0 Å². The highest BCUT2D eigenvalue weighted by Gasteiger charge is 2.40. The van der Waals surface area contributed by atoms with Crippen molar-refractivity contribution in [3.8, 4) is 5.75 Å². The van der Waals surface area contributed by atoms with E-state index in [4.69, 9.17) is 21.3 Å². The second-order valence-corrected chi connectivity index (χ2v) is 9.73. The van der Waals surface area contributed by atoms with Gasteiger partial charge in [-0.2, -0.15) is 0 Å². The number of amides is 1. The number of hydrazine groups is 1. The fraction of sp³-hybridized carbons (Fsp3) is 0.310. The minimum atomic E-state index is -0.315. The maximum Gasteiger partial charge on any atom is 0.222 e. The SMILES string of the molecule is CCNC(=O)CC1N=C(c2ccc(Cl)cc2)c2cc(OCCc3ccccc3)ccc2N2C(C)NNC12. The van der Waals surface area contributed by atoms with Crippen LogP contribution < -0.4 is 25.8 Å². The maximum absolute atomic E-state index is 12.7. The van der Waals surface area contributed by atoms with E-state index in [9.17, 15) is 4.79 Å². The number of nitrogens with one attached hydrogen (secondary N) is 3. The lowest BCUT2D eigenvalue weighted by molar-refractivity contribution is -0.121. The van der Waals surface area contributed by atoms with E-state index in [1.165, 1.54) is 5.56 Å². The first-order chi connectivity index (χ1) is 18.0. The molecule has 2 aliphatic heterocycles. The van der Waals surface area contributed by atoms with E-state index in [-0.39, 0.29) is 30.7 Å². The van der Waals surface area contributed by atoms with Crippen LogP contribution in [0.25, 0.3) is 0 Å². The van der Waals surface area contributed by atoms with Gasteiger partial charge in [0.25, 0.3) is 0 Å². The second-order valence-electron chi connectivity index (χ2n) is 9.29. The molecular formula is C29H32ClN5O2. The third-order valence-electron chi connectivity index (χ3n) is 6.71. The first kappa shape index (κ1) is 25.3. The van der Waals surface area contributed by atoms with E-state index < -0.39 is 0 Å². The number of carbonyl (C=O) groups excluding carboxylic acids is 1. The first-order valence-electron chi connectivity index (χ1n) is 12.7. The molecule has 1 saturated heterocycles. The van der Waals surface area contributed by atoms with Crippen molar-refractivity contribution in [2.75, 3.05) is 18.1 Å². The monoisotopic (exact) mass is 517 g/mol. The Kier molecular flexibility index (Phi) is 7.74. The minimum absolute atomic E-state index is 0.00473. The van der Waals surface area contributed by atoms with Gasteiger partial charge < -0.3 is 15.0 Å². The van der Waals surface area contributed by atoms with Gasteiger partial charge in [-0.3, -0.25) is 9.79 Å². The molecule has 0 aliphatic carbocycles. The van der Waals surface area contributed by atoms with Gasteiger partial charge in [-0.15, -0.1) is 0 Å². The number of halogens is 1. The quantitative estimate of drug-likeness (QED) is 0.415. The molecule has 0 bridgehead atoms. The summed E-state index contributed by atoms with van der Waals surface area (Å²) in [4.78, 5) is 20.1. The van der Waals surface area contributed by atoms with Crippen LogP contribution in [0.4, 0.5) is 5.69 Å². The van der Waals surface area contributed by atoms with Gasteiger partial charge in [0, 0.05) is 34.8 Å². The number of ether oxygens (including phenoxy) is 1. The molecule has 8 heteroatoms. The summed E-state index contributed by atoms with van der Waals surface area (Å²) in [6.07, 6.45) is 0.905. The highest BCUT2D eigenvalue weighted by molar-refractivity contribution is 6.30. The predicted octanol–water partition coefficient (Wildman–Crippen LogP) is 4.29. The molecule has 0 aromatic heterocycles. The molecule has 3 unspecified atom stereocenters. The van der Waals surface area contributed by atoms with Gasteiger partial charge in [-0.1, -0.05) is 54.1 Å². The van der Waals surface area contributed by atoms with Crippen LogP contribution in [0.2, 0.25) is 5.02 Å². The Hall–Kier alpha value is -3.39. The van der Waals surface area contributed by atoms with E-state index in [0.29, 0.717) is 18.2 Å². The van der Waals surface area contributed by atoms with Gasteiger partial charge in [-0.05, 0) is 49.7 Å². The van der Waals surface area contributed by atoms with Crippen molar-refractivity contribution in [2.24, 2.45) is 4.99 Å². The summed E-state index contributed by atoms with van der Waals surface area (Å²) in [5.74, 6) is 0.756. The zero-order valence-electron chi connectivity index (χ0n) is 21.1. The van der Waals surface area contributed by atoms with Gasteiger partial charge in [-0.25, -0.2) is 10.9 Å². The summed E-state index contributed by atoms with van der Waals surface area (Å²) in [7, 11) is 0. The highest BCUT2D eigenvalue weighted by atomic mass is 35.5. The molecule has 3 aromatic carbocycles. The summed E-state index contributed by atoms with van der Waals surface area (Å²) in [5, 5.41) is 3.58. The van der Waals surface area contributed by atoms with Crippen LogP contribution in [0, 0.1) is 0 Å². The molecule has 3 N–H and O–H groups in total. The summed E-state index contributed by atoms with van der Waals surface area (Å²) in [5.41, 5.74) is 11.7. The standard InChI is InChI=1S/C29H32ClN5O2/c1-3-31-27(36)18-25-29-34-33-19(2)35(29)26-14-13-23(37-16-15-20-7-5-4-6-8-20)17-24(26)28(32-25)21-9-11-22(30)12-10-21/h4-14,17,19,25,29,33-34H,3,15-16,18H2,1-2H3,(H,31,36). The Morgan fingerprint density at radius 1 is 1.08 bits per heavy atom. The average Bonchev–Trinajstić information content (AvgIpc) is 3.23. The molecule has 1 amide bonds. The first-order valence-corrected chi connectivity index (χ1v) is 13.1. The molecule has 0 radical (unpaired) electrons. The summed E-state index contributed by atoms with van der Waals surface area (Å²) in [6, 6.07) is 23.8. The van der Waals surface area contributed by atoms with Crippen LogP contribution in [0.15, 0.2) is 77.8 Å². The Morgan fingerprint density at radius 3 is 2.62 bits per heavy atom. The number of hydrogen-bond acceptors (Lipinski definition) is 6. The molecular weight excluding hydrogens is 486 g/mol. The van der Waals surface area contributed by atoms with Crippen molar-refractivity contribution in [2.45, 2.75) is 45.1 Å². The lowest BCUT2D eigenvalue weighted by Gasteiger charge is -2.31. The van der Waals surface area contributed by atoms with Gasteiger partial charge >= 0.3 is 0 Å². The number of rotatable bonds is 8. The smallest absolute Gasteiger partial charge is 0.222 e. The normalized spacial score (nSPS) is 20.5. The molecule has 37 heavy (non-hydrogen) atoms. The fourth-order valence-corrected chi connectivity index (χ4v) is 5.06. The largest absolute Gasteiger partial charge is 0.493 e. The van der Waals surface area contributed by atoms with Gasteiger partial charge in [0.2, 0.25) is 5.91 Å². The lowest BCUT2D eigenvalue weighted by Crippen LogP contribution is -2.47. The Bertz CT molecular complexity index is 1270.